The van der Waals surface area contributed by atoms with Gasteiger partial charge in [-0.15, -0.1) is 0 Å². The molecule has 1 aliphatic rings. The van der Waals surface area contributed by atoms with E-state index < -0.39 is 64.0 Å². The monoisotopic (exact) mass is 636 g/mol. The van der Waals surface area contributed by atoms with Crippen LogP contribution in [0.5, 0.6) is 0 Å². The van der Waals surface area contributed by atoms with E-state index in [0.717, 1.165) is 0 Å². The van der Waals surface area contributed by atoms with Gasteiger partial charge in [-0.25, -0.2) is 0 Å². The molecule has 1 saturated heterocycles. The highest BCUT2D eigenvalue weighted by Crippen LogP contribution is 2.46. The Balaban J connectivity index is 3.75. The van der Waals surface area contributed by atoms with Crippen LogP contribution in [0.4, 0.5) is 0 Å². The molecule has 0 aliphatic carbocycles. The van der Waals surface area contributed by atoms with E-state index in [4.69, 9.17) is 22.4 Å². The van der Waals surface area contributed by atoms with Crippen molar-refractivity contribution in [2.45, 2.75) is 186 Å². The van der Waals surface area contributed by atoms with Crippen LogP contribution in [0.3, 0.4) is 0 Å². The topological polar surface area (TPSA) is 66.4 Å². The summed E-state index contributed by atoms with van der Waals surface area (Å²) in [5.74, 6) is 0. The molecule has 5 atom stereocenters. The van der Waals surface area contributed by atoms with E-state index in [9.17, 15) is 5.11 Å². The van der Waals surface area contributed by atoms with Gasteiger partial charge in [0.15, 0.2) is 39.6 Å². The highest BCUT2D eigenvalue weighted by Gasteiger charge is 2.56. The van der Waals surface area contributed by atoms with Crippen LogP contribution in [0.2, 0.25) is 72.5 Å². The summed E-state index contributed by atoms with van der Waals surface area (Å²) in [7, 11) is -8.93. The van der Waals surface area contributed by atoms with E-state index in [1.165, 1.54) is 0 Å². The molecule has 0 aromatic heterocycles. The van der Waals surface area contributed by atoms with Gasteiger partial charge in [-0.2, -0.15) is 0 Å². The minimum absolute atomic E-state index is 0.00872. The third-order valence-corrected chi connectivity index (χ3v) is 28.7. The number of hydrogen-bond acceptors (Lipinski definition) is 6. The molecule has 10 heteroatoms. The van der Waals surface area contributed by atoms with Gasteiger partial charge in [0.05, 0.1) is 6.61 Å². The summed E-state index contributed by atoms with van der Waals surface area (Å²) in [5, 5.41) is 11.6. The molecular formula is C30H68O6Si4. The Morgan fingerprint density at radius 2 is 0.800 bits per heavy atom. The van der Waals surface area contributed by atoms with Crippen molar-refractivity contribution in [3.63, 3.8) is 0 Å². The van der Waals surface area contributed by atoms with Crippen molar-refractivity contribution in [3.05, 3.63) is 0 Å². The Bertz CT molecular complexity index is 831. The molecule has 1 aliphatic heterocycles. The van der Waals surface area contributed by atoms with Crippen molar-refractivity contribution in [1.29, 1.82) is 0 Å². The van der Waals surface area contributed by atoms with Crippen LogP contribution in [0, 0.1) is 0 Å². The molecule has 0 aromatic carbocycles. The summed E-state index contributed by atoms with van der Waals surface area (Å²) < 4.78 is 34.6. The Morgan fingerprint density at radius 1 is 0.500 bits per heavy atom. The van der Waals surface area contributed by atoms with E-state index in [2.05, 4.69) is 135 Å². The molecular weight excluding hydrogens is 569 g/mol. The van der Waals surface area contributed by atoms with Gasteiger partial charge in [0.2, 0.25) is 0 Å². The fraction of sp³-hybridized carbons (Fsp3) is 1.00. The molecule has 0 amide bonds. The Kier molecular flexibility index (Phi) is 11.8. The number of hydrogen-bond donors (Lipinski definition) is 1. The van der Waals surface area contributed by atoms with Gasteiger partial charge in [0.25, 0.3) is 0 Å². The minimum Gasteiger partial charge on any atom is -0.414 e. The van der Waals surface area contributed by atoms with Gasteiger partial charge in [-0.05, 0) is 72.5 Å². The van der Waals surface area contributed by atoms with Crippen molar-refractivity contribution in [1.82, 2.24) is 0 Å². The van der Waals surface area contributed by atoms with Crippen LogP contribution >= 0.6 is 0 Å². The lowest BCUT2D eigenvalue weighted by molar-refractivity contribution is -0.276. The van der Waals surface area contributed by atoms with Gasteiger partial charge in [0.1, 0.15) is 24.4 Å². The number of rotatable bonds is 9. The summed E-state index contributed by atoms with van der Waals surface area (Å²) in [5.41, 5.74) is 0. The fourth-order valence-corrected chi connectivity index (χ4v) is 8.41. The average Bonchev–Trinajstić information content (AvgIpc) is 2.67. The Labute approximate surface area is 253 Å². The largest absolute Gasteiger partial charge is 0.414 e. The molecule has 240 valence electrons. The normalized spacial score (nSPS) is 26.8. The Hall–Kier alpha value is 0.628. The van der Waals surface area contributed by atoms with Crippen molar-refractivity contribution < 1.29 is 27.5 Å². The van der Waals surface area contributed by atoms with Gasteiger partial charge in [-0.3, -0.25) is 0 Å². The van der Waals surface area contributed by atoms with E-state index >= 15 is 0 Å². The lowest BCUT2D eigenvalue weighted by Crippen LogP contribution is -2.68. The van der Waals surface area contributed by atoms with Gasteiger partial charge in [0, 0.05) is 0 Å². The molecule has 1 heterocycles. The quantitative estimate of drug-likeness (QED) is 0.255. The van der Waals surface area contributed by atoms with Crippen LogP contribution in [-0.4, -0.2) is 75.7 Å². The first kappa shape index (κ1) is 38.7. The zero-order valence-corrected chi connectivity index (χ0v) is 34.1. The van der Waals surface area contributed by atoms with Crippen molar-refractivity contribution in [3.8, 4) is 0 Å². The average molecular weight is 637 g/mol. The number of aliphatic hydroxyl groups is 1. The maximum absolute atomic E-state index is 11.6. The lowest BCUT2D eigenvalue weighted by Gasteiger charge is -2.54. The molecule has 1 N–H and O–H groups in total. The summed E-state index contributed by atoms with van der Waals surface area (Å²) in [6, 6.07) is 0. The van der Waals surface area contributed by atoms with E-state index in [0.29, 0.717) is 6.61 Å². The maximum atomic E-state index is 11.6. The molecule has 1 rings (SSSR count). The van der Waals surface area contributed by atoms with Crippen molar-refractivity contribution >= 4 is 33.3 Å². The van der Waals surface area contributed by atoms with Crippen LogP contribution in [0.15, 0.2) is 0 Å². The first-order valence-corrected chi connectivity index (χ1v) is 26.9. The number of aliphatic hydroxyl groups excluding tert-OH is 1. The van der Waals surface area contributed by atoms with Crippen molar-refractivity contribution in [2.24, 2.45) is 0 Å². The van der Waals surface area contributed by atoms with Gasteiger partial charge in [-0.1, -0.05) is 83.1 Å². The first-order valence-electron chi connectivity index (χ1n) is 15.3. The van der Waals surface area contributed by atoms with E-state index in [-0.39, 0.29) is 20.2 Å². The molecule has 6 nitrogen and oxygen atoms in total. The Morgan fingerprint density at radius 3 is 1.12 bits per heavy atom. The number of ether oxygens (including phenoxy) is 1. The van der Waals surface area contributed by atoms with E-state index in [1.54, 1.807) is 0 Å². The molecule has 0 aromatic rings. The summed E-state index contributed by atoms with van der Waals surface area (Å²) >= 11 is 0. The molecule has 0 unspecified atom stereocenters. The summed E-state index contributed by atoms with van der Waals surface area (Å²) in [6.45, 7) is 45.3. The predicted molar refractivity (Wildman–Crippen MR) is 180 cm³/mol. The zero-order chi connectivity index (χ0) is 32.1. The van der Waals surface area contributed by atoms with Gasteiger partial charge >= 0.3 is 0 Å². The van der Waals surface area contributed by atoms with Gasteiger partial charge < -0.3 is 27.5 Å². The maximum Gasteiger partial charge on any atom is 0.192 e. The molecule has 40 heavy (non-hydrogen) atoms. The van der Waals surface area contributed by atoms with Crippen LogP contribution < -0.4 is 0 Å². The minimum atomic E-state index is -2.30. The van der Waals surface area contributed by atoms with Crippen LogP contribution in [0.1, 0.15) is 83.1 Å². The molecule has 0 spiro atoms. The third-order valence-electron chi connectivity index (χ3n) is 10.7. The second kappa shape index (κ2) is 12.2. The standard InChI is InChI=1S/C30H68O6Si4/c1-27(2,3)37(13,14)32-21-22-23(34-38(15,16)28(4,5)6)24(35-39(17,18)29(7,8)9)25(26(31)33-22)36-40(19,20)30(10,11)12/h22-26,31H,21H2,1-20H3/t22-,23+,24+,25-,26-/m1/s1. The summed E-state index contributed by atoms with van der Waals surface area (Å²) in [4.78, 5) is 0. The second-order valence-electron chi connectivity index (χ2n) is 18.2. The van der Waals surface area contributed by atoms with Crippen LogP contribution in [0.25, 0.3) is 0 Å². The smallest absolute Gasteiger partial charge is 0.192 e. The lowest BCUT2D eigenvalue weighted by atomic mass is 9.99. The fourth-order valence-electron chi connectivity index (χ4n) is 3.49. The SMILES string of the molecule is CC(C)(C)[Si](C)(C)OC[C@H]1O[C@@H](O)[C@H](O[Si](C)(C)C(C)(C)C)[C@@H](O[Si](C)(C)C(C)(C)C)[C@H]1O[Si](C)(C)C(C)(C)C. The summed E-state index contributed by atoms with van der Waals surface area (Å²) in [6.07, 6.45) is -3.13. The highest BCUT2D eigenvalue weighted by molar-refractivity contribution is 6.75. The zero-order valence-electron chi connectivity index (χ0n) is 30.1. The molecule has 0 bridgehead atoms. The molecule has 1 fully saturated rings. The van der Waals surface area contributed by atoms with E-state index in [1.807, 2.05) is 0 Å². The van der Waals surface area contributed by atoms with Crippen LogP contribution in [-0.2, 0) is 22.4 Å². The third kappa shape index (κ3) is 9.08. The molecule has 0 saturated carbocycles. The highest BCUT2D eigenvalue weighted by atomic mass is 28.4. The first-order chi connectivity index (χ1) is 17.3. The second-order valence-corrected chi connectivity index (χ2v) is 37.2. The predicted octanol–water partition coefficient (Wildman–Crippen LogP) is 8.90. The van der Waals surface area contributed by atoms with Crippen molar-refractivity contribution in [2.75, 3.05) is 6.61 Å². The molecule has 0 radical (unpaired) electrons.